The Kier molecular flexibility index (Phi) is 3.74. The van der Waals surface area contributed by atoms with Gasteiger partial charge in [-0.05, 0) is 42.3 Å². The molecule has 2 heterocycles. The van der Waals surface area contributed by atoms with Crippen molar-refractivity contribution >= 4 is 16.7 Å². The smallest absolute Gasteiger partial charge is 0.260 e. The highest BCUT2D eigenvalue weighted by atomic mass is 16.5. The van der Waals surface area contributed by atoms with Crippen LogP contribution in [0.2, 0.25) is 0 Å². The zero-order chi connectivity index (χ0) is 18.3. The molecule has 2 aromatic heterocycles. The highest BCUT2D eigenvalue weighted by Gasteiger charge is 2.18. The number of imidazole rings is 1. The summed E-state index contributed by atoms with van der Waals surface area (Å²) in [6, 6.07) is 17.5. The molecule has 26 heavy (non-hydrogen) atoms. The molecule has 5 heteroatoms. The monoisotopic (exact) mass is 343 g/mol. The van der Waals surface area contributed by atoms with Gasteiger partial charge in [0, 0.05) is 12.0 Å². The largest absolute Gasteiger partial charge is 0.497 e. The molecule has 0 aliphatic rings. The predicted molar refractivity (Wildman–Crippen MR) is 101 cm³/mol. The van der Waals surface area contributed by atoms with Crippen molar-refractivity contribution in [1.29, 1.82) is 5.26 Å². The zero-order valence-electron chi connectivity index (χ0n) is 14.5. The summed E-state index contributed by atoms with van der Waals surface area (Å²) in [6.45, 7) is 1.84. The van der Waals surface area contributed by atoms with Crippen molar-refractivity contribution in [1.82, 2.24) is 9.38 Å². The van der Waals surface area contributed by atoms with Crippen LogP contribution in [0.5, 0.6) is 5.75 Å². The third kappa shape index (κ3) is 2.35. The fourth-order valence-electron chi connectivity index (χ4n) is 3.38. The van der Waals surface area contributed by atoms with Crippen molar-refractivity contribution in [2.24, 2.45) is 0 Å². The number of para-hydroxylation sites is 2. The predicted octanol–water partition coefficient (Wildman–Crippen LogP) is 3.56. The van der Waals surface area contributed by atoms with Gasteiger partial charge in [-0.3, -0.25) is 9.20 Å². The van der Waals surface area contributed by atoms with Crippen LogP contribution in [-0.2, 0) is 6.42 Å². The molecule has 4 rings (SSSR count). The molecule has 0 saturated carbocycles. The Bertz CT molecular complexity index is 1220. The van der Waals surface area contributed by atoms with Crippen LogP contribution >= 0.6 is 0 Å². The molecule has 0 bridgehead atoms. The number of nitrogens with one attached hydrogen (secondary N) is 1. The minimum atomic E-state index is -0.0928. The minimum absolute atomic E-state index is 0.0928. The summed E-state index contributed by atoms with van der Waals surface area (Å²) in [5, 5.41) is 9.69. The third-order valence-electron chi connectivity index (χ3n) is 4.80. The van der Waals surface area contributed by atoms with E-state index in [9.17, 15) is 10.1 Å². The number of benzene rings is 2. The molecule has 0 radical (unpaired) electrons. The lowest BCUT2D eigenvalue weighted by atomic mass is 9.99. The maximum atomic E-state index is 13.2. The Morgan fingerprint density at radius 3 is 2.58 bits per heavy atom. The van der Waals surface area contributed by atoms with E-state index >= 15 is 0 Å². The van der Waals surface area contributed by atoms with Crippen LogP contribution in [0.3, 0.4) is 0 Å². The molecule has 0 atom stereocenters. The first-order valence-corrected chi connectivity index (χ1v) is 8.32. The molecule has 5 nitrogen and oxygen atoms in total. The number of methoxy groups -OCH3 is 1. The summed E-state index contributed by atoms with van der Waals surface area (Å²) < 4.78 is 6.80. The first-order valence-electron chi connectivity index (χ1n) is 8.32. The van der Waals surface area contributed by atoms with E-state index in [0.29, 0.717) is 23.2 Å². The van der Waals surface area contributed by atoms with E-state index in [1.807, 2.05) is 55.5 Å². The van der Waals surface area contributed by atoms with Crippen LogP contribution in [0.25, 0.3) is 16.7 Å². The molecule has 0 spiro atoms. The molecule has 0 aliphatic carbocycles. The maximum absolute atomic E-state index is 13.2. The Labute approximate surface area is 150 Å². The molecule has 0 saturated heterocycles. The fraction of sp³-hybridized carbons (Fsp3) is 0.143. The Hall–Kier alpha value is -3.52. The number of aromatic nitrogens is 2. The molecule has 1 N–H and O–H groups in total. The molecule has 0 fully saturated rings. The summed E-state index contributed by atoms with van der Waals surface area (Å²) in [6.07, 6.45) is 0.464. The molecule has 0 aliphatic heterocycles. The van der Waals surface area contributed by atoms with E-state index in [-0.39, 0.29) is 5.56 Å². The van der Waals surface area contributed by atoms with Crippen molar-refractivity contribution in [2.45, 2.75) is 13.3 Å². The number of nitriles is 1. The van der Waals surface area contributed by atoms with E-state index < -0.39 is 0 Å². The van der Waals surface area contributed by atoms with Gasteiger partial charge in [-0.25, -0.2) is 0 Å². The Morgan fingerprint density at radius 2 is 1.88 bits per heavy atom. The second kappa shape index (κ2) is 6.08. The number of H-pyrrole nitrogens is 1. The van der Waals surface area contributed by atoms with E-state index in [2.05, 4.69) is 11.1 Å². The van der Waals surface area contributed by atoms with Crippen molar-refractivity contribution in [3.63, 3.8) is 0 Å². The molecular formula is C21H17N3O2. The summed E-state index contributed by atoms with van der Waals surface area (Å²) in [7, 11) is 1.62. The first-order chi connectivity index (χ1) is 12.6. The van der Waals surface area contributed by atoms with Crippen LogP contribution in [0.1, 0.15) is 22.3 Å². The Balaban J connectivity index is 1.98. The van der Waals surface area contributed by atoms with Gasteiger partial charge in [0.2, 0.25) is 0 Å². The number of pyridine rings is 1. The van der Waals surface area contributed by atoms with E-state index in [0.717, 1.165) is 27.9 Å². The summed E-state index contributed by atoms with van der Waals surface area (Å²) in [5.74, 6) is 0.770. The lowest BCUT2D eigenvalue weighted by Gasteiger charge is -2.10. The summed E-state index contributed by atoms with van der Waals surface area (Å²) >= 11 is 0. The SMILES string of the molecule is COc1ccc(Cc2c(C)c(C#N)c3[nH]c4ccccc4n3c2=O)cc1. The van der Waals surface area contributed by atoms with Crippen molar-refractivity contribution in [3.05, 3.63) is 81.1 Å². The van der Waals surface area contributed by atoms with Crippen molar-refractivity contribution < 1.29 is 4.74 Å². The topological polar surface area (TPSA) is 70.3 Å². The van der Waals surface area contributed by atoms with Gasteiger partial charge in [-0.2, -0.15) is 5.26 Å². The number of fused-ring (bicyclic) bond motifs is 3. The molecular weight excluding hydrogens is 326 g/mol. The average Bonchev–Trinajstić information content (AvgIpc) is 3.05. The quantitative estimate of drug-likeness (QED) is 0.618. The maximum Gasteiger partial charge on any atom is 0.260 e. The van der Waals surface area contributed by atoms with E-state index in [4.69, 9.17) is 4.74 Å². The third-order valence-corrected chi connectivity index (χ3v) is 4.80. The van der Waals surface area contributed by atoms with Crippen molar-refractivity contribution in [3.8, 4) is 11.8 Å². The molecule has 0 amide bonds. The van der Waals surface area contributed by atoms with E-state index in [1.165, 1.54) is 0 Å². The molecule has 0 unspecified atom stereocenters. The van der Waals surface area contributed by atoms with Crippen LogP contribution < -0.4 is 10.3 Å². The zero-order valence-corrected chi connectivity index (χ0v) is 14.5. The lowest BCUT2D eigenvalue weighted by molar-refractivity contribution is 0.414. The van der Waals surface area contributed by atoms with Crippen LogP contribution in [-0.4, -0.2) is 16.5 Å². The average molecular weight is 343 g/mol. The molecule has 2 aromatic carbocycles. The minimum Gasteiger partial charge on any atom is -0.497 e. The van der Waals surface area contributed by atoms with Gasteiger partial charge in [0.1, 0.15) is 17.5 Å². The highest BCUT2D eigenvalue weighted by molar-refractivity contribution is 5.83. The second-order valence-electron chi connectivity index (χ2n) is 6.25. The van der Waals surface area contributed by atoms with Crippen LogP contribution in [0.4, 0.5) is 0 Å². The first kappa shape index (κ1) is 16.0. The normalized spacial score (nSPS) is 11.0. The summed E-state index contributed by atoms with van der Waals surface area (Å²) in [5.41, 5.74) is 4.93. The molecule has 128 valence electrons. The van der Waals surface area contributed by atoms with Gasteiger partial charge < -0.3 is 9.72 Å². The summed E-state index contributed by atoms with van der Waals surface area (Å²) in [4.78, 5) is 16.4. The van der Waals surface area contributed by atoms with Crippen molar-refractivity contribution in [2.75, 3.05) is 7.11 Å². The molecule has 4 aromatic rings. The second-order valence-corrected chi connectivity index (χ2v) is 6.25. The number of rotatable bonds is 3. The number of hydrogen-bond acceptors (Lipinski definition) is 3. The van der Waals surface area contributed by atoms with Gasteiger partial charge >= 0.3 is 0 Å². The fourth-order valence-corrected chi connectivity index (χ4v) is 3.38. The Morgan fingerprint density at radius 1 is 1.15 bits per heavy atom. The number of ether oxygens (including phenoxy) is 1. The van der Waals surface area contributed by atoms with Gasteiger partial charge in [-0.1, -0.05) is 24.3 Å². The standard InChI is InChI=1S/C21H17N3O2/c1-13-16(11-14-7-9-15(26-2)10-8-14)21(25)24-19-6-4-3-5-18(19)23-20(24)17(13)12-22/h3-10,23H,11H2,1-2H3. The van der Waals surface area contributed by atoms with Gasteiger partial charge in [0.05, 0.1) is 23.7 Å². The lowest BCUT2D eigenvalue weighted by Crippen LogP contribution is -2.21. The van der Waals surface area contributed by atoms with Crippen LogP contribution in [0, 0.1) is 18.3 Å². The number of nitrogens with zero attached hydrogens (tertiary/aromatic N) is 2. The van der Waals surface area contributed by atoms with E-state index in [1.54, 1.807) is 11.5 Å². The van der Waals surface area contributed by atoms with Gasteiger partial charge in [0.15, 0.2) is 0 Å². The van der Waals surface area contributed by atoms with Gasteiger partial charge in [0.25, 0.3) is 5.56 Å². The number of aromatic amines is 1. The van der Waals surface area contributed by atoms with Gasteiger partial charge in [-0.15, -0.1) is 0 Å². The number of hydrogen-bond donors (Lipinski definition) is 1. The highest BCUT2D eigenvalue weighted by Crippen LogP contribution is 2.23. The van der Waals surface area contributed by atoms with Crippen LogP contribution in [0.15, 0.2) is 53.3 Å².